The van der Waals surface area contributed by atoms with Gasteiger partial charge in [-0.3, -0.25) is 4.79 Å². The van der Waals surface area contributed by atoms with E-state index in [-0.39, 0.29) is 11.7 Å². The van der Waals surface area contributed by atoms with Crippen LogP contribution < -0.4 is 0 Å². The van der Waals surface area contributed by atoms with E-state index < -0.39 is 0 Å². The van der Waals surface area contributed by atoms with E-state index in [4.69, 9.17) is 0 Å². The van der Waals surface area contributed by atoms with Gasteiger partial charge in [0.2, 0.25) is 0 Å². The lowest BCUT2D eigenvalue weighted by atomic mass is 9.80. The van der Waals surface area contributed by atoms with Crippen molar-refractivity contribution < 1.29 is 4.79 Å². The van der Waals surface area contributed by atoms with E-state index >= 15 is 0 Å². The fraction of sp³-hybridized carbons (Fsp3) is 0.278. The number of hydrogen-bond donors (Lipinski definition) is 0. The van der Waals surface area contributed by atoms with Crippen molar-refractivity contribution in [2.45, 2.75) is 26.2 Å². The Morgan fingerprint density at radius 3 is 2.65 bits per heavy atom. The van der Waals surface area contributed by atoms with Crippen LogP contribution in [0.5, 0.6) is 0 Å². The Hall–Kier alpha value is -1.41. The van der Waals surface area contributed by atoms with E-state index in [2.05, 4.69) is 40.2 Å². The summed E-state index contributed by atoms with van der Waals surface area (Å²) in [6.07, 6.45) is 2.85. The summed E-state index contributed by atoms with van der Waals surface area (Å²) in [4.78, 5) is 12.7. The van der Waals surface area contributed by atoms with Crippen LogP contribution in [0.2, 0.25) is 0 Å². The summed E-state index contributed by atoms with van der Waals surface area (Å²) in [5.41, 5.74) is 4.70. The molecule has 0 bridgehead atoms. The molecule has 2 aromatic carbocycles. The number of benzene rings is 2. The maximum Gasteiger partial charge on any atom is 0.166 e. The van der Waals surface area contributed by atoms with Crippen molar-refractivity contribution >= 4 is 21.7 Å². The number of carbonyl (C=O) groups is 1. The second kappa shape index (κ2) is 5.53. The highest BCUT2D eigenvalue weighted by Crippen LogP contribution is 2.28. The molecule has 1 nitrogen and oxygen atoms in total. The van der Waals surface area contributed by atoms with Crippen LogP contribution in [-0.4, -0.2) is 5.78 Å². The van der Waals surface area contributed by atoms with Crippen molar-refractivity contribution in [1.82, 2.24) is 0 Å². The van der Waals surface area contributed by atoms with Crippen LogP contribution in [-0.2, 0) is 12.8 Å². The summed E-state index contributed by atoms with van der Waals surface area (Å²) >= 11 is 3.48. The van der Waals surface area contributed by atoms with Crippen molar-refractivity contribution in [3.8, 4) is 0 Å². The molecule has 0 saturated carbocycles. The predicted molar refractivity (Wildman–Crippen MR) is 85.2 cm³/mol. The molecule has 1 aliphatic rings. The summed E-state index contributed by atoms with van der Waals surface area (Å²) in [5.74, 6) is 0.405. The normalized spacial score (nSPS) is 17.6. The van der Waals surface area contributed by atoms with Crippen molar-refractivity contribution in [2.24, 2.45) is 5.92 Å². The standard InChI is InChI=1S/C18H17BrO/c1-12-8-16(11-17(19)9-12)18(20)15-7-6-13-4-2-3-5-14(13)10-15/h2-5,8-9,11,15H,6-7,10H2,1H3. The summed E-state index contributed by atoms with van der Waals surface area (Å²) in [7, 11) is 0. The highest BCUT2D eigenvalue weighted by atomic mass is 79.9. The Balaban J connectivity index is 1.86. The van der Waals surface area contributed by atoms with Gasteiger partial charge in [0.05, 0.1) is 0 Å². The van der Waals surface area contributed by atoms with Gasteiger partial charge in [0.25, 0.3) is 0 Å². The van der Waals surface area contributed by atoms with Crippen molar-refractivity contribution in [1.29, 1.82) is 0 Å². The first kappa shape index (κ1) is 13.6. The lowest BCUT2D eigenvalue weighted by Crippen LogP contribution is -2.22. The first-order valence-corrected chi connectivity index (χ1v) is 7.81. The van der Waals surface area contributed by atoms with E-state index in [1.807, 2.05) is 25.1 Å². The summed E-state index contributed by atoms with van der Waals surface area (Å²) < 4.78 is 0.983. The molecular weight excluding hydrogens is 312 g/mol. The van der Waals surface area contributed by atoms with Gasteiger partial charge in [-0.2, -0.15) is 0 Å². The maximum absolute atomic E-state index is 12.7. The molecule has 0 heterocycles. The molecule has 0 spiro atoms. The molecule has 0 aliphatic heterocycles. The zero-order chi connectivity index (χ0) is 14.1. The molecule has 0 amide bonds. The molecule has 1 atom stereocenters. The van der Waals surface area contributed by atoms with Crippen LogP contribution in [0.4, 0.5) is 0 Å². The van der Waals surface area contributed by atoms with Crippen LogP contribution in [0.3, 0.4) is 0 Å². The van der Waals surface area contributed by atoms with E-state index in [0.29, 0.717) is 0 Å². The molecule has 2 aromatic rings. The molecule has 0 saturated heterocycles. The van der Waals surface area contributed by atoms with Crippen molar-refractivity contribution in [3.63, 3.8) is 0 Å². The SMILES string of the molecule is Cc1cc(Br)cc(C(=O)C2CCc3ccccc3C2)c1. The van der Waals surface area contributed by atoms with Gasteiger partial charge in [-0.15, -0.1) is 0 Å². The topological polar surface area (TPSA) is 17.1 Å². The fourth-order valence-electron chi connectivity index (χ4n) is 3.04. The summed E-state index contributed by atoms with van der Waals surface area (Å²) in [6.45, 7) is 2.03. The molecule has 3 rings (SSSR count). The monoisotopic (exact) mass is 328 g/mol. The lowest BCUT2D eigenvalue weighted by molar-refractivity contribution is 0.0908. The zero-order valence-electron chi connectivity index (χ0n) is 11.5. The van der Waals surface area contributed by atoms with Gasteiger partial charge in [-0.25, -0.2) is 0 Å². The van der Waals surface area contributed by atoms with Gasteiger partial charge in [0, 0.05) is 16.0 Å². The molecule has 20 heavy (non-hydrogen) atoms. The van der Waals surface area contributed by atoms with Gasteiger partial charge in [-0.1, -0.05) is 40.2 Å². The van der Waals surface area contributed by atoms with Crippen LogP contribution in [0.15, 0.2) is 46.9 Å². The third kappa shape index (κ3) is 2.71. The molecule has 1 aliphatic carbocycles. The Kier molecular flexibility index (Phi) is 3.75. The van der Waals surface area contributed by atoms with Crippen LogP contribution in [0.25, 0.3) is 0 Å². The summed E-state index contributed by atoms with van der Waals surface area (Å²) in [6, 6.07) is 14.4. The first-order valence-electron chi connectivity index (χ1n) is 7.01. The van der Waals surface area contributed by atoms with Crippen LogP contribution in [0, 0.1) is 12.8 Å². The van der Waals surface area contributed by atoms with Crippen molar-refractivity contribution in [3.05, 3.63) is 69.2 Å². The molecule has 0 N–H and O–H groups in total. The number of Topliss-reactive ketones (excluding diaryl/α,β-unsaturated/α-hetero) is 1. The quantitative estimate of drug-likeness (QED) is 0.727. The Morgan fingerprint density at radius 2 is 1.90 bits per heavy atom. The zero-order valence-corrected chi connectivity index (χ0v) is 13.1. The molecule has 1 unspecified atom stereocenters. The number of ketones is 1. The third-order valence-electron chi connectivity index (χ3n) is 4.04. The van der Waals surface area contributed by atoms with Gasteiger partial charge in [0.15, 0.2) is 5.78 Å². The average Bonchev–Trinajstić information content (AvgIpc) is 2.45. The Labute approximate surface area is 128 Å². The molecule has 0 aromatic heterocycles. The van der Waals surface area contributed by atoms with E-state index in [0.717, 1.165) is 34.9 Å². The highest BCUT2D eigenvalue weighted by Gasteiger charge is 2.25. The molecule has 2 heteroatoms. The van der Waals surface area contributed by atoms with E-state index in [9.17, 15) is 4.79 Å². The number of halogens is 1. The van der Waals surface area contributed by atoms with Gasteiger partial charge >= 0.3 is 0 Å². The van der Waals surface area contributed by atoms with Gasteiger partial charge < -0.3 is 0 Å². The highest BCUT2D eigenvalue weighted by molar-refractivity contribution is 9.10. The number of aryl methyl sites for hydroxylation is 2. The fourth-order valence-corrected chi connectivity index (χ4v) is 3.64. The predicted octanol–water partition coefficient (Wildman–Crippen LogP) is 4.75. The number of rotatable bonds is 2. The molecular formula is C18H17BrO. The Morgan fingerprint density at radius 1 is 1.15 bits per heavy atom. The Bertz CT molecular complexity index is 640. The minimum absolute atomic E-state index is 0.124. The number of carbonyl (C=O) groups excluding carboxylic acids is 1. The lowest BCUT2D eigenvalue weighted by Gasteiger charge is -2.23. The average molecular weight is 329 g/mol. The molecule has 102 valence electrons. The third-order valence-corrected chi connectivity index (χ3v) is 4.50. The smallest absolute Gasteiger partial charge is 0.166 e. The maximum atomic E-state index is 12.7. The second-order valence-corrected chi connectivity index (χ2v) is 6.51. The van der Waals surface area contributed by atoms with Gasteiger partial charge in [0.1, 0.15) is 0 Å². The molecule has 0 fully saturated rings. The largest absolute Gasteiger partial charge is 0.294 e. The number of hydrogen-bond acceptors (Lipinski definition) is 1. The second-order valence-electron chi connectivity index (χ2n) is 5.59. The minimum atomic E-state index is 0.124. The van der Waals surface area contributed by atoms with Gasteiger partial charge in [-0.05, 0) is 61.1 Å². The van der Waals surface area contributed by atoms with Crippen molar-refractivity contribution in [2.75, 3.05) is 0 Å². The molecule has 0 radical (unpaired) electrons. The van der Waals surface area contributed by atoms with Crippen LogP contribution in [0.1, 0.15) is 33.5 Å². The van der Waals surface area contributed by atoms with E-state index in [1.54, 1.807) is 0 Å². The minimum Gasteiger partial charge on any atom is -0.294 e. The first-order chi connectivity index (χ1) is 9.63. The number of fused-ring (bicyclic) bond motifs is 1. The van der Waals surface area contributed by atoms with Crippen LogP contribution >= 0.6 is 15.9 Å². The van der Waals surface area contributed by atoms with E-state index in [1.165, 1.54) is 11.1 Å². The summed E-state index contributed by atoms with van der Waals surface area (Å²) in [5, 5.41) is 0.